The molecule has 2 amide bonds. The van der Waals surface area contributed by atoms with Gasteiger partial charge in [0.25, 0.3) is 11.8 Å². The molecule has 0 bridgehead atoms. The number of benzene rings is 4. The smallest absolute Gasteiger partial charge is 0.265 e. The number of nitrogens with one attached hydrogen (secondary N) is 4. The summed E-state index contributed by atoms with van der Waals surface area (Å²) in [5.41, 5.74) is 2.94. The van der Waals surface area contributed by atoms with E-state index in [1.807, 2.05) is 0 Å². The van der Waals surface area contributed by atoms with Crippen LogP contribution in [0.1, 0.15) is 32.1 Å². The fraction of sp³-hybridized carbons (Fsp3) is 0.422. The highest BCUT2D eigenvalue weighted by Crippen LogP contribution is 2.37. The lowest BCUT2D eigenvalue weighted by Crippen LogP contribution is -2.54. The first kappa shape index (κ1) is 58.6. The molecule has 0 aromatic heterocycles. The molecular formula is C45H57ClN4O19S4. The number of hydrogen-bond donors (Lipinski definition) is 6. The van der Waals surface area contributed by atoms with Crippen molar-refractivity contribution >= 4 is 63.1 Å². The summed E-state index contributed by atoms with van der Waals surface area (Å²) in [5, 5.41) is 18.3. The number of carbonyl (C=O) groups is 2. The summed E-state index contributed by atoms with van der Waals surface area (Å²) in [6.45, 7) is 0.372. The number of alkyl halides is 1. The number of rotatable bonds is 23. The predicted octanol–water partition coefficient (Wildman–Crippen LogP) is 2.77. The predicted molar refractivity (Wildman–Crippen MR) is 261 cm³/mol. The van der Waals surface area contributed by atoms with E-state index < -0.39 is 67.1 Å². The van der Waals surface area contributed by atoms with E-state index in [4.69, 9.17) is 55.2 Å². The average Bonchev–Trinajstić information content (AvgIpc) is 3.41. The van der Waals surface area contributed by atoms with Crippen molar-refractivity contribution in [3.8, 4) is 28.7 Å². The minimum absolute atomic E-state index is 0.0444. The number of hydrogen-bond acceptors (Lipinski definition) is 19. The average molecular weight is 1120 g/mol. The SMILES string of the molecule is COc1ccc(OC)c(S(=O)(=O)NCC(CCl)Oc2ccc(S(=O)(=O)C3(C(=O)NO)CCOCC3)cc2)c1.COc1ccc(S(=O)(=O)NCCCOc2ccc(S(=O)(=O)C3(C(=O)NO)CCOCC3)cc2)cc1. The highest BCUT2D eigenvalue weighted by atomic mass is 35.5. The molecule has 4 aromatic rings. The number of hydroxylamine groups is 2. The van der Waals surface area contributed by atoms with E-state index in [2.05, 4.69) is 9.44 Å². The van der Waals surface area contributed by atoms with E-state index in [0.717, 1.165) is 0 Å². The van der Waals surface area contributed by atoms with Crippen molar-refractivity contribution in [3.05, 3.63) is 91.0 Å². The molecule has 73 heavy (non-hydrogen) atoms. The van der Waals surface area contributed by atoms with E-state index in [0.29, 0.717) is 23.7 Å². The monoisotopic (exact) mass is 1120 g/mol. The molecule has 0 aliphatic carbocycles. The highest BCUT2D eigenvalue weighted by Gasteiger charge is 2.53. The third-order valence-corrected chi connectivity index (χ3v) is 20.1. The highest BCUT2D eigenvalue weighted by molar-refractivity contribution is 7.94. The minimum atomic E-state index is -4.21. The van der Waals surface area contributed by atoms with Crippen molar-refractivity contribution in [3.63, 3.8) is 0 Å². The van der Waals surface area contributed by atoms with Gasteiger partial charge in [0.05, 0.1) is 48.5 Å². The molecule has 2 saturated heterocycles. The lowest BCUT2D eigenvalue weighted by Gasteiger charge is -2.34. The maximum atomic E-state index is 13.4. The van der Waals surface area contributed by atoms with Crippen LogP contribution in [0.2, 0.25) is 0 Å². The molecule has 0 spiro atoms. The fourth-order valence-corrected chi connectivity index (χ4v) is 14.0. The van der Waals surface area contributed by atoms with Gasteiger partial charge in [0.1, 0.15) is 39.7 Å². The second-order valence-corrected chi connectivity index (χ2v) is 24.4. The first-order valence-corrected chi connectivity index (χ1v) is 28.6. The molecule has 4 aromatic carbocycles. The molecule has 6 rings (SSSR count). The number of amides is 2. The Bertz CT molecular complexity index is 2940. The van der Waals surface area contributed by atoms with Crippen LogP contribution in [0.4, 0.5) is 0 Å². The Morgan fingerprint density at radius 2 is 1.05 bits per heavy atom. The van der Waals surface area contributed by atoms with Crippen molar-refractivity contribution in [1.82, 2.24) is 20.4 Å². The van der Waals surface area contributed by atoms with E-state index in [-0.39, 0.29) is 109 Å². The molecule has 28 heteroatoms. The normalized spacial score (nSPS) is 16.1. The number of sulfonamides is 2. The van der Waals surface area contributed by atoms with Gasteiger partial charge in [-0.3, -0.25) is 20.0 Å². The summed E-state index contributed by atoms with van der Waals surface area (Å²) >= 11 is 5.99. The second-order valence-electron chi connectivity index (χ2n) is 16.1. The number of ether oxygens (including phenoxy) is 7. The van der Waals surface area contributed by atoms with Crippen molar-refractivity contribution in [2.75, 3.05) is 73.3 Å². The molecule has 0 radical (unpaired) electrons. The summed E-state index contributed by atoms with van der Waals surface area (Å²) in [6, 6.07) is 21.2. The van der Waals surface area contributed by atoms with Crippen LogP contribution in [0.25, 0.3) is 0 Å². The van der Waals surface area contributed by atoms with Gasteiger partial charge in [-0.2, -0.15) is 0 Å². The van der Waals surface area contributed by atoms with Crippen LogP contribution in [0.5, 0.6) is 28.7 Å². The van der Waals surface area contributed by atoms with Crippen molar-refractivity contribution in [2.24, 2.45) is 0 Å². The van der Waals surface area contributed by atoms with Crippen LogP contribution in [0.3, 0.4) is 0 Å². The summed E-state index contributed by atoms with van der Waals surface area (Å²) in [7, 11) is -11.8. The molecule has 23 nitrogen and oxygen atoms in total. The van der Waals surface area contributed by atoms with Gasteiger partial charge in [-0.05, 0) is 117 Å². The zero-order valence-corrected chi connectivity index (χ0v) is 43.8. The van der Waals surface area contributed by atoms with E-state index in [1.165, 1.54) is 105 Å². The summed E-state index contributed by atoms with van der Waals surface area (Å²) in [6.07, 6.45) is -0.833. The van der Waals surface area contributed by atoms with Gasteiger partial charge in [-0.15, -0.1) is 11.6 Å². The molecule has 2 fully saturated rings. The Morgan fingerprint density at radius 3 is 1.51 bits per heavy atom. The molecule has 2 heterocycles. The maximum absolute atomic E-state index is 13.4. The van der Waals surface area contributed by atoms with Gasteiger partial charge in [0.2, 0.25) is 20.0 Å². The lowest BCUT2D eigenvalue weighted by atomic mass is 9.98. The Balaban J connectivity index is 0.000000272. The lowest BCUT2D eigenvalue weighted by molar-refractivity contribution is -0.135. The van der Waals surface area contributed by atoms with Crippen molar-refractivity contribution in [1.29, 1.82) is 0 Å². The Kier molecular flexibility index (Phi) is 20.7. The molecule has 6 N–H and O–H groups in total. The number of halogens is 1. The minimum Gasteiger partial charge on any atom is -0.497 e. The maximum Gasteiger partial charge on any atom is 0.265 e. The van der Waals surface area contributed by atoms with Crippen LogP contribution < -0.4 is 44.1 Å². The molecular weight excluding hydrogens is 1060 g/mol. The quantitative estimate of drug-likeness (QED) is 0.0269. The Labute approximate surface area is 428 Å². The molecule has 2 aliphatic heterocycles. The molecule has 1 atom stereocenters. The third-order valence-electron chi connectivity index (χ3n) is 11.8. The van der Waals surface area contributed by atoms with E-state index >= 15 is 0 Å². The Hall–Kier alpha value is -5.33. The van der Waals surface area contributed by atoms with Crippen LogP contribution >= 0.6 is 11.6 Å². The van der Waals surface area contributed by atoms with Gasteiger partial charge >= 0.3 is 0 Å². The molecule has 1 unspecified atom stereocenters. The largest absolute Gasteiger partial charge is 0.497 e. The van der Waals surface area contributed by atoms with Crippen LogP contribution in [-0.4, -0.2) is 145 Å². The number of sulfone groups is 2. The van der Waals surface area contributed by atoms with E-state index in [1.54, 1.807) is 18.2 Å². The van der Waals surface area contributed by atoms with Gasteiger partial charge in [0.15, 0.2) is 29.2 Å². The topological polar surface area (TPSA) is 324 Å². The second kappa shape index (κ2) is 25.7. The van der Waals surface area contributed by atoms with Crippen molar-refractivity contribution in [2.45, 2.75) is 67.3 Å². The summed E-state index contributed by atoms with van der Waals surface area (Å²) in [5.74, 6) is -0.495. The molecule has 0 saturated carbocycles. The van der Waals surface area contributed by atoms with Gasteiger partial charge in [-0.1, -0.05) is 0 Å². The Morgan fingerprint density at radius 1 is 0.603 bits per heavy atom. The van der Waals surface area contributed by atoms with Crippen molar-refractivity contribution < 1.29 is 86.8 Å². The number of carbonyl (C=O) groups excluding carboxylic acids is 2. The first-order chi connectivity index (χ1) is 34.7. The zero-order chi connectivity index (χ0) is 53.5. The summed E-state index contributed by atoms with van der Waals surface area (Å²) < 4.78 is 142. The summed E-state index contributed by atoms with van der Waals surface area (Å²) in [4.78, 5) is 24.4. The standard InChI is InChI=1S/C23H29ClN2O10S2.C22H28N2O9S2/c1-33-17-5-8-20(34-2)21(13-17)38(31,32)25-15-18(14-24)36-16-3-6-19(7-4-16)37(29,30)23(22(27)26-28)9-11-35-12-10-23;1-31-17-3-9-20(10-4-17)35(29,30)23-13-2-14-33-18-5-7-19(8-6-18)34(27,28)22(21(25)24-26)11-15-32-16-12-22/h3-8,13,18,25,28H,9-12,14-15H2,1-2H3,(H,26,27);3-10,23,26H,2,11-16H2,1H3,(H,24,25). The van der Waals surface area contributed by atoms with Gasteiger partial charge in [-0.25, -0.2) is 54.1 Å². The molecule has 2 aliphatic rings. The van der Waals surface area contributed by atoms with Gasteiger partial charge in [0, 0.05) is 45.6 Å². The first-order valence-electron chi connectivity index (χ1n) is 22.2. The zero-order valence-electron chi connectivity index (χ0n) is 39.8. The molecule has 402 valence electrons. The van der Waals surface area contributed by atoms with Crippen LogP contribution in [0.15, 0.2) is 111 Å². The third kappa shape index (κ3) is 13.7. The number of methoxy groups -OCH3 is 3. The van der Waals surface area contributed by atoms with Crippen LogP contribution in [0, 0.1) is 0 Å². The van der Waals surface area contributed by atoms with Crippen LogP contribution in [-0.2, 0) is 58.8 Å². The van der Waals surface area contributed by atoms with Gasteiger partial charge < -0.3 is 33.2 Å². The van der Waals surface area contributed by atoms with E-state index in [9.17, 15) is 43.3 Å². The fourth-order valence-electron chi connectivity index (χ4n) is 7.61.